The van der Waals surface area contributed by atoms with Crippen LogP contribution in [-0.2, 0) is 4.74 Å². The lowest BCUT2D eigenvalue weighted by molar-refractivity contribution is 0.00858. The maximum absolute atomic E-state index is 11.4. The summed E-state index contributed by atoms with van der Waals surface area (Å²) in [6, 6.07) is 5.69. The highest BCUT2D eigenvalue weighted by Crippen LogP contribution is 2.22. The maximum atomic E-state index is 11.4. The van der Waals surface area contributed by atoms with Crippen LogP contribution >= 0.6 is 0 Å². The number of aromatic amines is 1. The molecule has 2 fully saturated rings. The molecule has 1 aliphatic heterocycles. The predicted molar refractivity (Wildman–Crippen MR) is 104 cm³/mol. The minimum atomic E-state index is -0.964. The molecule has 27 heavy (non-hydrogen) atoms. The second kappa shape index (κ2) is 9.94. The molecule has 1 unspecified atom stereocenters. The van der Waals surface area contributed by atoms with Crippen LogP contribution in [0.1, 0.15) is 43.8 Å². The van der Waals surface area contributed by atoms with Gasteiger partial charge in [-0.3, -0.25) is 9.69 Å². The van der Waals surface area contributed by atoms with Gasteiger partial charge in [0.25, 0.3) is 5.56 Å². The second-order valence-corrected chi connectivity index (χ2v) is 7.15. The molecule has 0 radical (unpaired) electrons. The van der Waals surface area contributed by atoms with Gasteiger partial charge in [-0.1, -0.05) is 25.3 Å². The highest BCUT2D eigenvalue weighted by atomic mass is 16.5. The van der Waals surface area contributed by atoms with Crippen molar-refractivity contribution in [3.63, 3.8) is 0 Å². The Labute approximate surface area is 159 Å². The largest absolute Gasteiger partial charge is 0.393 e. The van der Waals surface area contributed by atoms with E-state index in [4.69, 9.17) is 9.84 Å². The molecule has 3 N–H and O–H groups in total. The van der Waals surface area contributed by atoms with Gasteiger partial charge in [-0.2, -0.15) is 0 Å². The molecule has 1 aromatic carbocycles. The lowest BCUT2D eigenvalue weighted by Gasteiger charge is -2.36. The number of aromatic nitrogens is 2. The Kier molecular flexibility index (Phi) is 7.34. The van der Waals surface area contributed by atoms with Gasteiger partial charge in [-0.25, -0.2) is 4.98 Å². The molecule has 0 amide bonds. The van der Waals surface area contributed by atoms with Gasteiger partial charge >= 0.3 is 0 Å². The number of hydrogen-bond donors (Lipinski definition) is 3. The fourth-order valence-electron chi connectivity index (χ4n) is 3.79. The van der Waals surface area contributed by atoms with Crippen molar-refractivity contribution in [1.82, 2.24) is 14.9 Å². The molecule has 1 saturated heterocycles. The van der Waals surface area contributed by atoms with E-state index in [2.05, 4.69) is 14.9 Å². The van der Waals surface area contributed by atoms with Crippen molar-refractivity contribution in [3.05, 3.63) is 40.4 Å². The van der Waals surface area contributed by atoms with E-state index in [0.717, 1.165) is 19.3 Å². The third kappa shape index (κ3) is 5.35. The summed E-state index contributed by atoms with van der Waals surface area (Å²) in [6.07, 6.45) is 7.58. The Morgan fingerprint density at radius 1 is 1.22 bits per heavy atom. The monoisotopic (exact) mass is 375 g/mol. The van der Waals surface area contributed by atoms with E-state index >= 15 is 0 Å². The minimum absolute atomic E-state index is 0.257. The van der Waals surface area contributed by atoms with Crippen LogP contribution in [0.15, 0.2) is 29.3 Å². The third-order valence-corrected chi connectivity index (χ3v) is 5.36. The molecule has 0 bridgehead atoms. The number of rotatable bonds is 3. The summed E-state index contributed by atoms with van der Waals surface area (Å²) in [7, 11) is 0. The molecule has 7 heteroatoms. The number of hydrogen-bond acceptors (Lipinski definition) is 6. The maximum Gasteiger partial charge on any atom is 0.258 e. The zero-order valence-corrected chi connectivity index (χ0v) is 15.6. The summed E-state index contributed by atoms with van der Waals surface area (Å²) >= 11 is 0. The molecule has 2 aromatic rings. The number of nitrogens with one attached hydrogen (secondary N) is 1. The second-order valence-electron chi connectivity index (χ2n) is 7.15. The molecule has 1 aromatic heterocycles. The Hall–Kier alpha value is -1.80. The van der Waals surface area contributed by atoms with E-state index in [1.807, 2.05) is 0 Å². The zero-order chi connectivity index (χ0) is 19.1. The van der Waals surface area contributed by atoms with Gasteiger partial charge in [0.1, 0.15) is 6.10 Å². The van der Waals surface area contributed by atoms with Crippen LogP contribution < -0.4 is 5.56 Å². The van der Waals surface area contributed by atoms with Crippen LogP contribution in [-0.4, -0.2) is 64.0 Å². The highest BCUT2D eigenvalue weighted by molar-refractivity contribution is 5.77. The summed E-state index contributed by atoms with van der Waals surface area (Å²) in [5.74, 6) is 0. The average Bonchev–Trinajstić information content (AvgIpc) is 2.75. The number of aliphatic hydroxyl groups is 2. The van der Waals surface area contributed by atoms with Gasteiger partial charge in [0, 0.05) is 19.1 Å². The van der Waals surface area contributed by atoms with E-state index in [1.165, 1.54) is 57.6 Å². The molecule has 0 spiro atoms. The van der Waals surface area contributed by atoms with Crippen molar-refractivity contribution >= 4 is 10.9 Å². The van der Waals surface area contributed by atoms with Gasteiger partial charge in [0.2, 0.25) is 0 Å². The van der Waals surface area contributed by atoms with Crippen molar-refractivity contribution in [2.75, 3.05) is 32.9 Å². The number of H-pyrrole nitrogens is 1. The van der Waals surface area contributed by atoms with E-state index < -0.39 is 6.10 Å². The van der Waals surface area contributed by atoms with E-state index in [9.17, 15) is 9.90 Å². The van der Waals surface area contributed by atoms with Gasteiger partial charge in [0.05, 0.1) is 37.1 Å². The molecule has 148 valence electrons. The normalized spacial score (nSPS) is 20.1. The standard InChI is InChI=1S/C10H10N2O3.C10H19NO/c13-4-9(14)6-1-2-8-7(3-6)10(15)12-5-11-8;1-2-4-10(5-3-1)11-6-8-12-9-7-11/h1-3,5,9,13-14H,4H2,(H,11,12,15);10H,1-9H2. The molecule has 2 heterocycles. The lowest BCUT2D eigenvalue weighted by Crippen LogP contribution is -2.44. The summed E-state index contributed by atoms with van der Waals surface area (Å²) in [5.41, 5.74) is 0.808. The first-order valence-corrected chi connectivity index (χ1v) is 9.77. The summed E-state index contributed by atoms with van der Waals surface area (Å²) in [4.78, 5) is 20.4. The number of benzene rings is 1. The Bertz CT molecular complexity index is 751. The first-order chi connectivity index (χ1) is 13.2. The predicted octanol–water partition coefficient (Wildman–Crippen LogP) is 1.60. The van der Waals surface area contributed by atoms with Crippen molar-refractivity contribution in [1.29, 1.82) is 0 Å². The molecule has 4 rings (SSSR count). The van der Waals surface area contributed by atoms with Crippen LogP contribution in [0.3, 0.4) is 0 Å². The molecule has 7 nitrogen and oxygen atoms in total. The number of ether oxygens (including phenoxy) is 1. The van der Waals surface area contributed by atoms with Crippen molar-refractivity contribution in [3.8, 4) is 0 Å². The fourth-order valence-corrected chi connectivity index (χ4v) is 3.79. The Morgan fingerprint density at radius 3 is 2.67 bits per heavy atom. The molecule has 1 atom stereocenters. The number of fused-ring (bicyclic) bond motifs is 1. The number of nitrogens with zero attached hydrogens (tertiary/aromatic N) is 2. The first kappa shape index (κ1) is 19.9. The van der Waals surface area contributed by atoms with Crippen LogP contribution in [0.2, 0.25) is 0 Å². The molecule has 2 aliphatic rings. The van der Waals surface area contributed by atoms with Crippen LogP contribution in [0.4, 0.5) is 0 Å². The summed E-state index contributed by atoms with van der Waals surface area (Å²) < 4.78 is 5.35. The zero-order valence-electron chi connectivity index (χ0n) is 15.6. The fraction of sp³-hybridized carbons (Fsp3) is 0.600. The topological polar surface area (TPSA) is 98.7 Å². The van der Waals surface area contributed by atoms with Crippen LogP contribution in [0.5, 0.6) is 0 Å². The first-order valence-electron chi connectivity index (χ1n) is 9.77. The summed E-state index contributed by atoms with van der Waals surface area (Å²) in [5, 5.41) is 18.6. The molecule has 1 saturated carbocycles. The molecular formula is C20H29N3O4. The van der Waals surface area contributed by atoms with Gasteiger partial charge in [0.15, 0.2) is 0 Å². The minimum Gasteiger partial charge on any atom is -0.393 e. The third-order valence-electron chi connectivity index (χ3n) is 5.36. The van der Waals surface area contributed by atoms with E-state index in [1.54, 1.807) is 12.1 Å². The Balaban J connectivity index is 0.000000159. The SMILES string of the molecule is C1CCC(N2CCOCC2)CC1.O=c1[nH]cnc2ccc(C(O)CO)cc12. The highest BCUT2D eigenvalue weighted by Gasteiger charge is 2.22. The van der Waals surface area contributed by atoms with E-state index in [-0.39, 0.29) is 12.2 Å². The van der Waals surface area contributed by atoms with Crippen molar-refractivity contribution in [2.24, 2.45) is 0 Å². The van der Waals surface area contributed by atoms with Gasteiger partial charge in [-0.05, 0) is 30.5 Å². The number of morpholine rings is 1. The summed E-state index contributed by atoms with van der Waals surface area (Å²) in [6.45, 7) is 3.88. The van der Waals surface area contributed by atoms with Crippen molar-refractivity contribution < 1.29 is 14.9 Å². The molecular weight excluding hydrogens is 346 g/mol. The van der Waals surface area contributed by atoms with Crippen molar-refractivity contribution in [2.45, 2.75) is 44.2 Å². The van der Waals surface area contributed by atoms with Gasteiger partial charge < -0.3 is 19.9 Å². The quantitative estimate of drug-likeness (QED) is 0.754. The van der Waals surface area contributed by atoms with Gasteiger partial charge in [-0.15, -0.1) is 0 Å². The van der Waals surface area contributed by atoms with E-state index in [0.29, 0.717) is 16.5 Å². The number of aliphatic hydroxyl groups excluding tert-OH is 2. The van der Waals surface area contributed by atoms with Crippen LogP contribution in [0, 0.1) is 0 Å². The smallest absolute Gasteiger partial charge is 0.258 e. The Morgan fingerprint density at radius 2 is 1.96 bits per heavy atom. The molecule has 1 aliphatic carbocycles. The lowest BCUT2D eigenvalue weighted by atomic mass is 9.94. The average molecular weight is 375 g/mol. The van der Waals surface area contributed by atoms with Crippen LogP contribution in [0.25, 0.3) is 10.9 Å².